The Labute approximate surface area is 118 Å². The van der Waals surface area contributed by atoms with Gasteiger partial charge in [-0.15, -0.1) is 0 Å². The molecular weight excluding hydrogens is 312 g/mol. The number of benzene rings is 1. The molecule has 1 atom stereocenters. The van der Waals surface area contributed by atoms with Crippen LogP contribution in [-0.4, -0.2) is 26.6 Å². The molecule has 5 nitrogen and oxygen atoms in total. The fourth-order valence-corrected chi connectivity index (χ4v) is 1.95. The van der Waals surface area contributed by atoms with Gasteiger partial charge >= 0.3 is 5.97 Å². The van der Waals surface area contributed by atoms with Gasteiger partial charge in [0.2, 0.25) is 0 Å². The van der Waals surface area contributed by atoms with Crippen molar-refractivity contribution in [3.63, 3.8) is 0 Å². The van der Waals surface area contributed by atoms with Gasteiger partial charge in [-0.3, -0.25) is 9.48 Å². The van der Waals surface area contributed by atoms with Gasteiger partial charge in [0.15, 0.2) is 11.8 Å². The fourth-order valence-electron chi connectivity index (χ4n) is 1.69. The molecule has 2 rings (SSSR count). The SMILES string of the molecule is O=C(CC(C(=O)O)n1cccn1)c1ccc(Br)cc1. The lowest BCUT2D eigenvalue weighted by Gasteiger charge is -2.12. The van der Waals surface area contributed by atoms with Crippen molar-refractivity contribution >= 4 is 27.7 Å². The van der Waals surface area contributed by atoms with Crippen molar-refractivity contribution in [3.05, 3.63) is 52.8 Å². The van der Waals surface area contributed by atoms with E-state index in [1.165, 1.54) is 17.1 Å². The van der Waals surface area contributed by atoms with Crippen molar-refractivity contribution < 1.29 is 14.7 Å². The highest BCUT2D eigenvalue weighted by atomic mass is 79.9. The van der Waals surface area contributed by atoms with Crippen LogP contribution in [0.1, 0.15) is 22.8 Å². The molecular formula is C13H11BrN2O3. The molecule has 98 valence electrons. The molecule has 0 amide bonds. The van der Waals surface area contributed by atoms with Gasteiger partial charge in [0.1, 0.15) is 0 Å². The number of aromatic nitrogens is 2. The molecule has 0 saturated carbocycles. The predicted molar refractivity (Wildman–Crippen MR) is 72.0 cm³/mol. The van der Waals surface area contributed by atoms with Gasteiger partial charge in [-0.1, -0.05) is 28.1 Å². The first-order chi connectivity index (χ1) is 9.08. The molecule has 19 heavy (non-hydrogen) atoms. The van der Waals surface area contributed by atoms with E-state index in [1.807, 2.05) is 0 Å². The maximum Gasteiger partial charge on any atom is 0.328 e. The van der Waals surface area contributed by atoms with E-state index in [0.717, 1.165) is 4.47 Å². The first-order valence-electron chi connectivity index (χ1n) is 5.58. The highest BCUT2D eigenvalue weighted by Crippen LogP contribution is 2.17. The molecule has 2 aromatic rings. The van der Waals surface area contributed by atoms with Crippen LogP contribution >= 0.6 is 15.9 Å². The summed E-state index contributed by atoms with van der Waals surface area (Å²) in [4.78, 5) is 23.2. The molecule has 0 aliphatic rings. The van der Waals surface area contributed by atoms with Crippen LogP contribution in [0.15, 0.2) is 47.2 Å². The number of ketones is 1. The Morgan fingerprint density at radius 1 is 1.32 bits per heavy atom. The number of carbonyl (C=O) groups excluding carboxylic acids is 1. The first-order valence-corrected chi connectivity index (χ1v) is 6.38. The van der Waals surface area contributed by atoms with Crippen molar-refractivity contribution in [2.24, 2.45) is 0 Å². The second kappa shape index (κ2) is 5.79. The van der Waals surface area contributed by atoms with E-state index in [1.54, 1.807) is 30.3 Å². The standard InChI is InChI=1S/C13H11BrN2O3/c14-10-4-2-9(3-5-10)12(17)8-11(13(18)19)16-7-1-6-15-16/h1-7,11H,8H2,(H,18,19). The van der Waals surface area contributed by atoms with Gasteiger partial charge in [0, 0.05) is 28.9 Å². The van der Waals surface area contributed by atoms with Crippen molar-refractivity contribution in [1.82, 2.24) is 9.78 Å². The second-order valence-corrected chi connectivity index (χ2v) is 4.89. The van der Waals surface area contributed by atoms with Crippen molar-refractivity contribution in [3.8, 4) is 0 Å². The Hall–Kier alpha value is -1.95. The summed E-state index contributed by atoms with van der Waals surface area (Å²) in [6.07, 6.45) is 2.90. The number of hydrogen-bond acceptors (Lipinski definition) is 3. The van der Waals surface area contributed by atoms with Crippen LogP contribution < -0.4 is 0 Å². The topological polar surface area (TPSA) is 72.2 Å². The van der Waals surface area contributed by atoms with Gasteiger partial charge in [-0.05, 0) is 18.2 Å². The first kappa shape index (κ1) is 13.5. The Balaban J connectivity index is 2.16. The predicted octanol–water partition coefficient (Wildman–Crippen LogP) is 2.54. The zero-order valence-electron chi connectivity index (χ0n) is 9.86. The molecule has 1 aromatic heterocycles. The maximum absolute atomic E-state index is 12.0. The lowest BCUT2D eigenvalue weighted by molar-refractivity contribution is -0.141. The molecule has 0 spiro atoms. The molecule has 1 unspecified atom stereocenters. The normalized spacial score (nSPS) is 12.1. The number of nitrogens with zero attached hydrogens (tertiary/aromatic N) is 2. The second-order valence-electron chi connectivity index (χ2n) is 3.97. The number of carboxylic acids is 1. The lowest BCUT2D eigenvalue weighted by Crippen LogP contribution is -2.22. The van der Waals surface area contributed by atoms with Crippen LogP contribution in [0.2, 0.25) is 0 Å². The quantitative estimate of drug-likeness (QED) is 0.858. The summed E-state index contributed by atoms with van der Waals surface area (Å²) >= 11 is 3.28. The summed E-state index contributed by atoms with van der Waals surface area (Å²) in [5, 5.41) is 13.0. The van der Waals surface area contributed by atoms with E-state index in [-0.39, 0.29) is 12.2 Å². The molecule has 0 bridgehead atoms. The average molecular weight is 323 g/mol. The van der Waals surface area contributed by atoms with Gasteiger partial charge in [-0.25, -0.2) is 4.79 Å². The largest absolute Gasteiger partial charge is 0.480 e. The zero-order valence-corrected chi connectivity index (χ0v) is 11.4. The summed E-state index contributed by atoms with van der Waals surface area (Å²) in [5.74, 6) is -1.30. The maximum atomic E-state index is 12.0. The molecule has 0 aliphatic heterocycles. The van der Waals surface area contributed by atoms with Crippen LogP contribution in [0, 0.1) is 0 Å². The number of carbonyl (C=O) groups is 2. The highest BCUT2D eigenvalue weighted by molar-refractivity contribution is 9.10. The minimum absolute atomic E-state index is 0.126. The van der Waals surface area contributed by atoms with Gasteiger partial charge in [-0.2, -0.15) is 5.10 Å². The third-order valence-electron chi connectivity index (χ3n) is 2.67. The fraction of sp³-hybridized carbons (Fsp3) is 0.154. The van der Waals surface area contributed by atoms with Crippen molar-refractivity contribution in [2.75, 3.05) is 0 Å². The third kappa shape index (κ3) is 3.29. The Morgan fingerprint density at radius 3 is 2.53 bits per heavy atom. The summed E-state index contributed by atoms with van der Waals surface area (Å²) in [5.41, 5.74) is 0.488. The molecule has 1 heterocycles. The van der Waals surface area contributed by atoms with E-state index < -0.39 is 12.0 Å². The smallest absolute Gasteiger partial charge is 0.328 e. The minimum atomic E-state index is -1.07. The summed E-state index contributed by atoms with van der Waals surface area (Å²) in [6, 6.07) is 7.46. The third-order valence-corrected chi connectivity index (χ3v) is 3.20. The van der Waals surface area contributed by atoms with E-state index in [0.29, 0.717) is 5.56 Å². The Morgan fingerprint density at radius 2 is 2.00 bits per heavy atom. The molecule has 0 fully saturated rings. The van der Waals surface area contributed by atoms with E-state index in [2.05, 4.69) is 21.0 Å². The summed E-state index contributed by atoms with van der Waals surface area (Å²) in [7, 11) is 0. The van der Waals surface area contributed by atoms with Gasteiger partial charge in [0.25, 0.3) is 0 Å². The zero-order chi connectivity index (χ0) is 13.8. The van der Waals surface area contributed by atoms with Crippen molar-refractivity contribution in [2.45, 2.75) is 12.5 Å². The molecule has 0 aliphatic carbocycles. The number of aliphatic carboxylic acids is 1. The number of hydrogen-bond donors (Lipinski definition) is 1. The lowest BCUT2D eigenvalue weighted by atomic mass is 10.0. The van der Waals surface area contributed by atoms with E-state index in [4.69, 9.17) is 5.11 Å². The molecule has 0 radical (unpaired) electrons. The number of Topliss-reactive ketones (excluding diaryl/α,β-unsaturated/α-hetero) is 1. The summed E-state index contributed by atoms with van der Waals surface area (Å²) < 4.78 is 2.14. The van der Waals surface area contributed by atoms with Crippen LogP contribution in [0.4, 0.5) is 0 Å². The monoisotopic (exact) mass is 322 g/mol. The number of rotatable bonds is 5. The van der Waals surface area contributed by atoms with Crippen LogP contribution in [0.5, 0.6) is 0 Å². The van der Waals surface area contributed by atoms with Crippen LogP contribution in [0.3, 0.4) is 0 Å². The van der Waals surface area contributed by atoms with Gasteiger partial charge in [0.05, 0.1) is 0 Å². The van der Waals surface area contributed by atoms with E-state index in [9.17, 15) is 9.59 Å². The Kier molecular flexibility index (Phi) is 4.11. The summed E-state index contributed by atoms with van der Waals surface area (Å²) in [6.45, 7) is 0. The minimum Gasteiger partial charge on any atom is -0.480 e. The average Bonchev–Trinajstić information content (AvgIpc) is 2.89. The van der Waals surface area contributed by atoms with Crippen molar-refractivity contribution in [1.29, 1.82) is 0 Å². The molecule has 1 N–H and O–H groups in total. The molecule has 6 heteroatoms. The highest BCUT2D eigenvalue weighted by Gasteiger charge is 2.23. The number of carboxylic acid groups (broad SMARTS) is 1. The molecule has 1 aromatic carbocycles. The number of halogens is 1. The van der Waals surface area contributed by atoms with Crippen LogP contribution in [0.25, 0.3) is 0 Å². The Bertz CT molecular complexity index is 578. The molecule has 0 saturated heterocycles. The van der Waals surface area contributed by atoms with Gasteiger partial charge < -0.3 is 5.11 Å². The van der Waals surface area contributed by atoms with E-state index >= 15 is 0 Å². The van der Waals surface area contributed by atoms with Crippen LogP contribution in [-0.2, 0) is 4.79 Å².